The van der Waals surface area contributed by atoms with Gasteiger partial charge in [-0.05, 0) is 39.0 Å². The molecular formula is C14H17N3O4S. The lowest BCUT2D eigenvalue weighted by Crippen LogP contribution is -2.30. The average Bonchev–Trinajstić information content (AvgIpc) is 2.83. The molecule has 0 saturated heterocycles. The fourth-order valence-electron chi connectivity index (χ4n) is 1.95. The van der Waals surface area contributed by atoms with Crippen LogP contribution in [0.15, 0.2) is 35.6 Å². The number of sulfonamides is 1. The molecule has 7 nitrogen and oxygen atoms in total. The van der Waals surface area contributed by atoms with Crippen molar-refractivity contribution in [3.8, 4) is 5.69 Å². The zero-order chi connectivity index (χ0) is 16.5. The molecule has 0 fully saturated rings. The molecule has 2 N–H and O–H groups in total. The Labute approximate surface area is 128 Å². The normalized spacial score (nSPS) is 11.8. The lowest BCUT2D eigenvalue weighted by atomic mass is 10.2. The third-order valence-electron chi connectivity index (χ3n) is 2.85. The van der Waals surface area contributed by atoms with Crippen molar-refractivity contribution in [1.82, 2.24) is 14.3 Å². The van der Waals surface area contributed by atoms with E-state index in [9.17, 15) is 18.3 Å². The molecule has 0 aliphatic carbocycles. The molecule has 1 heterocycles. The number of nitrogens with one attached hydrogen (secondary N) is 1. The van der Waals surface area contributed by atoms with E-state index >= 15 is 0 Å². The van der Waals surface area contributed by atoms with Gasteiger partial charge in [0.25, 0.3) is 0 Å². The summed E-state index contributed by atoms with van der Waals surface area (Å²) >= 11 is 0. The number of carboxylic acids is 1. The van der Waals surface area contributed by atoms with Crippen molar-refractivity contribution in [2.75, 3.05) is 0 Å². The molecule has 0 saturated carbocycles. The van der Waals surface area contributed by atoms with Crippen LogP contribution in [0.2, 0.25) is 0 Å². The molecule has 0 atom stereocenters. The van der Waals surface area contributed by atoms with Crippen molar-refractivity contribution in [3.05, 3.63) is 42.0 Å². The van der Waals surface area contributed by atoms with E-state index in [1.165, 1.54) is 18.5 Å². The molecule has 118 valence electrons. The van der Waals surface area contributed by atoms with Gasteiger partial charge in [0, 0.05) is 17.9 Å². The van der Waals surface area contributed by atoms with Gasteiger partial charge in [-0.1, -0.05) is 0 Å². The summed E-state index contributed by atoms with van der Waals surface area (Å²) in [6.45, 7) is 5.17. The zero-order valence-electron chi connectivity index (χ0n) is 12.4. The summed E-state index contributed by atoms with van der Waals surface area (Å²) in [5.74, 6) is -1.19. The van der Waals surface area contributed by atoms with Crippen molar-refractivity contribution < 1.29 is 18.3 Å². The number of aromatic carboxylic acids is 1. The maximum absolute atomic E-state index is 12.3. The monoisotopic (exact) mass is 323 g/mol. The lowest BCUT2D eigenvalue weighted by Gasteiger charge is -2.12. The van der Waals surface area contributed by atoms with Crippen LogP contribution in [-0.2, 0) is 10.0 Å². The van der Waals surface area contributed by atoms with Gasteiger partial charge in [-0.25, -0.2) is 22.9 Å². The van der Waals surface area contributed by atoms with E-state index in [1.807, 2.05) is 0 Å². The zero-order valence-corrected chi connectivity index (χ0v) is 13.3. The number of rotatable bonds is 5. The highest BCUT2D eigenvalue weighted by Crippen LogP contribution is 2.19. The standard InChI is InChI=1S/C14H17N3O4S/c1-9(2)16-22(20,21)13-5-11(14(18)19)4-12(6-13)17-7-10(3)15-8-17/h4-9,16H,1-3H3,(H,18,19). The molecule has 0 bridgehead atoms. The molecule has 0 aliphatic heterocycles. The molecule has 0 aliphatic rings. The van der Waals surface area contributed by atoms with Crippen LogP contribution >= 0.6 is 0 Å². The Morgan fingerprint density at radius 3 is 2.50 bits per heavy atom. The minimum Gasteiger partial charge on any atom is -0.478 e. The van der Waals surface area contributed by atoms with E-state index in [0.29, 0.717) is 5.69 Å². The first kappa shape index (κ1) is 16.2. The number of carbonyl (C=O) groups is 1. The van der Waals surface area contributed by atoms with Gasteiger partial charge in [0.15, 0.2) is 0 Å². The average molecular weight is 323 g/mol. The highest BCUT2D eigenvalue weighted by atomic mass is 32.2. The minimum absolute atomic E-state index is 0.0950. The highest BCUT2D eigenvalue weighted by molar-refractivity contribution is 7.89. The summed E-state index contributed by atoms with van der Waals surface area (Å²) < 4.78 is 28.6. The van der Waals surface area contributed by atoms with E-state index in [-0.39, 0.29) is 16.5 Å². The first-order valence-corrected chi connectivity index (χ1v) is 8.09. The van der Waals surface area contributed by atoms with Crippen LogP contribution in [0.5, 0.6) is 0 Å². The van der Waals surface area contributed by atoms with Gasteiger partial charge in [-0.3, -0.25) is 0 Å². The second-order valence-electron chi connectivity index (χ2n) is 5.22. The van der Waals surface area contributed by atoms with E-state index in [1.54, 1.807) is 31.5 Å². The molecule has 2 aromatic rings. The Kier molecular flexibility index (Phi) is 4.34. The summed E-state index contributed by atoms with van der Waals surface area (Å²) in [5, 5.41) is 9.19. The van der Waals surface area contributed by atoms with E-state index in [0.717, 1.165) is 11.8 Å². The Balaban J connectivity index is 2.60. The Morgan fingerprint density at radius 1 is 1.32 bits per heavy atom. The summed E-state index contributed by atoms with van der Waals surface area (Å²) in [7, 11) is -3.79. The molecule has 8 heteroatoms. The largest absolute Gasteiger partial charge is 0.478 e. The van der Waals surface area contributed by atoms with E-state index < -0.39 is 16.0 Å². The van der Waals surface area contributed by atoms with Crippen LogP contribution in [0.4, 0.5) is 0 Å². The molecule has 0 spiro atoms. The number of hydrogen-bond acceptors (Lipinski definition) is 4. The maximum atomic E-state index is 12.3. The molecule has 0 amide bonds. The van der Waals surface area contributed by atoms with E-state index in [4.69, 9.17) is 0 Å². The maximum Gasteiger partial charge on any atom is 0.335 e. The molecule has 0 unspecified atom stereocenters. The van der Waals surface area contributed by atoms with Crippen LogP contribution in [0.25, 0.3) is 5.69 Å². The molecular weight excluding hydrogens is 306 g/mol. The Morgan fingerprint density at radius 2 is 2.00 bits per heavy atom. The predicted octanol–water partition coefficient (Wildman–Crippen LogP) is 1.57. The molecule has 1 aromatic carbocycles. The van der Waals surface area contributed by atoms with Crippen molar-refractivity contribution >= 4 is 16.0 Å². The quantitative estimate of drug-likeness (QED) is 0.869. The van der Waals surface area contributed by atoms with Gasteiger partial charge in [0.05, 0.1) is 22.5 Å². The summed E-state index contributed by atoms with van der Waals surface area (Å²) in [4.78, 5) is 15.2. The number of benzene rings is 1. The first-order valence-electron chi connectivity index (χ1n) is 6.61. The van der Waals surface area contributed by atoms with E-state index in [2.05, 4.69) is 9.71 Å². The minimum atomic E-state index is -3.79. The van der Waals surface area contributed by atoms with Crippen molar-refractivity contribution in [2.24, 2.45) is 0 Å². The second kappa shape index (κ2) is 5.90. The van der Waals surface area contributed by atoms with Gasteiger partial charge in [-0.15, -0.1) is 0 Å². The number of imidazole rings is 1. The topological polar surface area (TPSA) is 101 Å². The van der Waals surface area contributed by atoms with Gasteiger partial charge < -0.3 is 9.67 Å². The van der Waals surface area contributed by atoms with Crippen molar-refractivity contribution in [3.63, 3.8) is 0 Å². The summed E-state index contributed by atoms with van der Waals surface area (Å²) in [6.07, 6.45) is 3.19. The van der Waals surface area contributed by atoms with Crippen molar-refractivity contribution in [2.45, 2.75) is 31.7 Å². The Bertz CT molecular complexity index is 809. The van der Waals surface area contributed by atoms with Gasteiger partial charge in [0.2, 0.25) is 10.0 Å². The van der Waals surface area contributed by atoms with Crippen LogP contribution in [-0.4, -0.2) is 35.1 Å². The van der Waals surface area contributed by atoms with Gasteiger partial charge in [0.1, 0.15) is 0 Å². The molecule has 1 aromatic heterocycles. The van der Waals surface area contributed by atoms with Gasteiger partial charge in [-0.2, -0.15) is 0 Å². The molecule has 2 rings (SSSR count). The Hall–Kier alpha value is -2.19. The third kappa shape index (κ3) is 3.52. The SMILES string of the molecule is Cc1cn(-c2cc(C(=O)O)cc(S(=O)(=O)NC(C)C)c2)cn1. The van der Waals surface area contributed by atoms with Crippen LogP contribution < -0.4 is 4.72 Å². The number of carboxylic acid groups (broad SMARTS) is 1. The highest BCUT2D eigenvalue weighted by Gasteiger charge is 2.19. The van der Waals surface area contributed by atoms with Crippen molar-refractivity contribution in [1.29, 1.82) is 0 Å². The van der Waals surface area contributed by atoms with Gasteiger partial charge >= 0.3 is 5.97 Å². The third-order valence-corrected chi connectivity index (χ3v) is 4.49. The van der Waals surface area contributed by atoms with Crippen LogP contribution in [0.1, 0.15) is 29.9 Å². The lowest BCUT2D eigenvalue weighted by molar-refractivity contribution is 0.0696. The van der Waals surface area contributed by atoms with Crippen LogP contribution in [0, 0.1) is 6.92 Å². The fraction of sp³-hybridized carbons (Fsp3) is 0.286. The second-order valence-corrected chi connectivity index (χ2v) is 6.93. The number of nitrogens with zero attached hydrogens (tertiary/aromatic N) is 2. The number of aromatic nitrogens is 2. The predicted molar refractivity (Wildman–Crippen MR) is 80.7 cm³/mol. The summed E-state index contributed by atoms with van der Waals surface area (Å²) in [5.41, 5.74) is 1.06. The smallest absolute Gasteiger partial charge is 0.335 e. The van der Waals surface area contributed by atoms with Crippen LogP contribution in [0.3, 0.4) is 0 Å². The first-order chi connectivity index (χ1) is 10.2. The molecule has 0 radical (unpaired) electrons. The number of hydrogen-bond donors (Lipinski definition) is 2. The fourth-order valence-corrected chi connectivity index (χ4v) is 3.27. The molecule has 22 heavy (non-hydrogen) atoms. The number of aryl methyl sites for hydroxylation is 1. The summed E-state index contributed by atoms with van der Waals surface area (Å²) in [6, 6.07) is 3.66.